The number of nitrogens with zero attached hydrogens (tertiary/aromatic N) is 2. The number of hydrogen-bond acceptors (Lipinski definition) is 4. The molecule has 1 aromatic heterocycles. The summed E-state index contributed by atoms with van der Waals surface area (Å²) < 4.78 is 44.0. The molecule has 1 aromatic rings. The van der Waals surface area contributed by atoms with Gasteiger partial charge in [0.05, 0.1) is 6.07 Å². The standard InChI is InChI=1S/C9H7F3N2O2/c1-2-3-4-15-7-5-8(14-6-13-7)16-9(10,11)12/h5-6H,4H2,1H3. The molecule has 1 heterocycles. The lowest BCUT2D eigenvalue weighted by atomic mass is 10.6. The van der Waals surface area contributed by atoms with Crippen LogP contribution in [-0.4, -0.2) is 22.9 Å². The molecule has 0 spiro atoms. The topological polar surface area (TPSA) is 44.2 Å². The molecule has 16 heavy (non-hydrogen) atoms. The van der Waals surface area contributed by atoms with Gasteiger partial charge in [0, 0.05) is 0 Å². The third kappa shape index (κ3) is 4.50. The Morgan fingerprint density at radius 1 is 1.31 bits per heavy atom. The molecule has 0 aliphatic carbocycles. The van der Waals surface area contributed by atoms with Crippen LogP contribution in [0.5, 0.6) is 11.8 Å². The van der Waals surface area contributed by atoms with Crippen molar-refractivity contribution >= 4 is 0 Å². The predicted molar refractivity (Wildman–Crippen MR) is 47.7 cm³/mol. The average molecular weight is 232 g/mol. The third-order valence-electron chi connectivity index (χ3n) is 1.31. The molecule has 0 saturated heterocycles. The van der Waals surface area contributed by atoms with Crippen LogP contribution in [0.4, 0.5) is 13.2 Å². The van der Waals surface area contributed by atoms with Gasteiger partial charge >= 0.3 is 6.36 Å². The largest absolute Gasteiger partial charge is 0.574 e. The number of ether oxygens (including phenoxy) is 2. The van der Waals surface area contributed by atoms with E-state index >= 15 is 0 Å². The van der Waals surface area contributed by atoms with Crippen molar-refractivity contribution in [2.45, 2.75) is 13.3 Å². The molecule has 0 aromatic carbocycles. The Morgan fingerprint density at radius 3 is 2.62 bits per heavy atom. The summed E-state index contributed by atoms with van der Waals surface area (Å²) in [5.41, 5.74) is 0. The molecule has 0 saturated carbocycles. The summed E-state index contributed by atoms with van der Waals surface area (Å²) in [6, 6.07) is 0.935. The SMILES string of the molecule is CC#CCOc1cc(OC(F)(F)F)ncn1. The minimum absolute atomic E-state index is 0.0306. The van der Waals surface area contributed by atoms with Gasteiger partial charge in [-0.3, -0.25) is 0 Å². The van der Waals surface area contributed by atoms with Crippen molar-refractivity contribution in [2.75, 3.05) is 6.61 Å². The van der Waals surface area contributed by atoms with E-state index in [1.165, 1.54) is 0 Å². The molecule has 0 aliphatic rings. The van der Waals surface area contributed by atoms with Crippen molar-refractivity contribution in [1.29, 1.82) is 0 Å². The van der Waals surface area contributed by atoms with Gasteiger partial charge in [0.1, 0.15) is 6.33 Å². The maximum absolute atomic E-state index is 11.8. The summed E-state index contributed by atoms with van der Waals surface area (Å²) in [6.07, 6.45) is -3.87. The van der Waals surface area contributed by atoms with E-state index in [0.717, 1.165) is 12.4 Å². The number of hydrogen-bond donors (Lipinski definition) is 0. The van der Waals surface area contributed by atoms with E-state index < -0.39 is 12.2 Å². The fraction of sp³-hybridized carbons (Fsp3) is 0.333. The molecule has 1 rings (SSSR count). The van der Waals surface area contributed by atoms with Crippen LogP contribution < -0.4 is 9.47 Å². The van der Waals surface area contributed by atoms with Gasteiger partial charge in [-0.1, -0.05) is 5.92 Å². The van der Waals surface area contributed by atoms with Gasteiger partial charge in [-0.2, -0.15) is 0 Å². The van der Waals surface area contributed by atoms with Gasteiger partial charge < -0.3 is 9.47 Å². The summed E-state index contributed by atoms with van der Waals surface area (Å²) >= 11 is 0. The van der Waals surface area contributed by atoms with Gasteiger partial charge in [0.15, 0.2) is 6.61 Å². The number of alkyl halides is 3. The first-order chi connectivity index (χ1) is 7.51. The molecule has 0 atom stereocenters. The molecule has 0 amide bonds. The first kappa shape index (κ1) is 12.1. The van der Waals surface area contributed by atoms with Crippen molar-refractivity contribution in [3.8, 4) is 23.6 Å². The predicted octanol–water partition coefficient (Wildman–Crippen LogP) is 1.78. The lowest BCUT2D eigenvalue weighted by molar-refractivity contribution is -0.276. The smallest absolute Gasteiger partial charge is 0.464 e. The zero-order valence-electron chi connectivity index (χ0n) is 8.21. The molecular formula is C9H7F3N2O2. The normalized spacial score (nSPS) is 10.2. The molecule has 7 heteroatoms. The third-order valence-corrected chi connectivity index (χ3v) is 1.31. The van der Waals surface area contributed by atoms with E-state index in [0.29, 0.717) is 0 Å². The van der Waals surface area contributed by atoms with E-state index in [9.17, 15) is 13.2 Å². The minimum atomic E-state index is -4.78. The Balaban J connectivity index is 2.66. The Labute approximate surface area is 89.4 Å². The summed E-state index contributed by atoms with van der Waals surface area (Å²) in [5, 5.41) is 0. The zero-order valence-corrected chi connectivity index (χ0v) is 8.21. The maximum atomic E-state index is 11.8. The van der Waals surface area contributed by atoms with E-state index in [-0.39, 0.29) is 12.5 Å². The average Bonchev–Trinajstić information content (AvgIpc) is 2.16. The van der Waals surface area contributed by atoms with E-state index in [4.69, 9.17) is 4.74 Å². The molecule has 0 aliphatic heterocycles. The number of rotatable bonds is 3. The first-order valence-corrected chi connectivity index (χ1v) is 4.11. The van der Waals surface area contributed by atoms with Crippen LogP contribution in [0.2, 0.25) is 0 Å². The van der Waals surface area contributed by atoms with Crippen molar-refractivity contribution in [3.05, 3.63) is 12.4 Å². The van der Waals surface area contributed by atoms with Crippen molar-refractivity contribution < 1.29 is 22.6 Å². The van der Waals surface area contributed by atoms with Crippen LogP contribution in [0.25, 0.3) is 0 Å². The van der Waals surface area contributed by atoms with Gasteiger partial charge in [-0.25, -0.2) is 9.97 Å². The first-order valence-electron chi connectivity index (χ1n) is 4.11. The highest BCUT2D eigenvalue weighted by atomic mass is 19.4. The van der Waals surface area contributed by atoms with Crippen molar-refractivity contribution in [1.82, 2.24) is 9.97 Å². The molecule has 0 fully saturated rings. The van der Waals surface area contributed by atoms with E-state index in [2.05, 4.69) is 26.5 Å². The van der Waals surface area contributed by atoms with Gasteiger partial charge in [-0.05, 0) is 6.92 Å². The highest BCUT2D eigenvalue weighted by Gasteiger charge is 2.31. The van der Waals surface area contributed by atoms with Crippen molar-refractivity contribution in [3.63, 3.8) is 0 Å². The molecule has 4 nitrogen and oxygen atoms in total. The van der Waals surface area contributed by atoms with Crippen LogP contribution in [0, 0.1) is 11.8 Å². The summed E-state index contributed by atoms with van der Waals surface area (Å²) in [7, 11) is 0. The molecular weight excluding hydrogens is 225 g/mol. The molecule has 0 radical (unpaired) electrons. The Hall–Kier alpha value is -1.97. The molecule has 0 bridgehead atoms. The minimum Gasteiger partial charge on any atom is -0.464 e. The molecule has 86 valence electrons. The van der Waals surface area contributed by atoms with Crippen LogP contribution in [-0.2, 0) is 0 Å². The highest BCUT2D eigenvalue weighted by molar-refractivity contribution is 5.18. The fourth-order valence-electron chi connectivity index (χ4n) is 0.758. The second kappa shape index (κ2) is 5.21. The second-order valence-electron chi connectivity index (χ2n) is 2.46. The highest BCUT2D eigenvalue weighted by Crippen LogP contribution is 2.22. The Kier molecular flexibility index (Phi) is 3.94. The lowest BCUT2D eigenvalue weighted by Gasteiger charge is -2.07. The van der Waals surface area contributed by atoms with Crippen LogP contribution in [0.3, 0.4) is 0 Å². The second-order valence-corrected chi connectivity index (χ2v) is 2.46. The quantitative estimate of drug-likeness (QED) is 0.745. The summed E-state index contributed by atoms with van der Waals surface area (Å²) in [6.45, 7) is 1.65. The lowest BCUT2D eigenvalue weighted by Crippen LogP contribution is -2.18. The van der Waals surface area contributed by atoms with Gasteiger partial charge in [0.25, 0.3) is 0 Å². The van der Waals surface area contributed by atoms with Crippen LogP contribution in [0.15, 0.2) is 12.4 Å². The fourth-order valence-corrected chi connectivity index (χ4v) is 0.758. The number of aromatic nitrogens is 2. The van der Waals surface area contributed by atoms with Crippen molar-refractivity contribution in [2.24, 2.45) is 0 Å². The van der Waals surface area contributed by atoms with Gasteiger partial charge in [-0.15, -0.1) is 19.1 Å². The monoisotopic (exact) mass is 232 g/mol. The molecule has 0 unspecified atom stereocenters. The van der Waals surface area contributed by atoms with Gasteiger partial charge in [0.2, 0.25) is 11.8 Å². The van der Waals surface area contributed by atoms with Crippen LogP contribution in [0.1, 0.15) is 6.92 Å². The van der Waals surface area contributed by atoms with E-state index in [1.807, 2.05) is 0 Å². The Morgan fingerprint density at radius 2 is 2.00 bits per heavy atom. The number of halogens is 3. The molecule has 0 N–H and O–H groups in total. The van der Waals surface area contributed by atoms with Crippen LogP contribution >= 0.6 is 0 Å². The summed E-state index contributed by atoms with van der Waals surface area (Å²) in [5.74, 6) is 4.48. The zero-order chi connectivity index (χ0) is 12.0. The van der Waals surface area contributed by atoms with E-state index in [1.54, 1.807) is 6.92 Å². The Bertz CT molecular complexity index is 409. The summed E-state index contributed by atoms with van der Waals surface area (Å²) in [4.78, 5) is 6.88. The maximum Gasteiger partial charge on any atom is 0.574 e.